The van der Waals surface area contributed by atoms with Crippen molar-refractivity contribution in [2.45, 2.75) is 13.8 Å². The van der Waals surface area contributed by atoms with E-state index in [1.807, 2.05) is 0 Å². The van der Waals surface area contributed by atoms with E-state index >= 15 is 0 Å². The van der Waals surface area contributed by atoms with Gasteiger partial charge in [-0.3, -0.25) is 4.79 Å². The average molecular weight is 305 g/mol. The predicted octanol–water partition coefficient (Wildman–Crippen LogP) is 3.74. The van der Waals surface area contributed by atoms with Gasteiger partial charge in [-0.1, -0.05) is 40.0 Å². The summed E-state index contributed by atoms with van der Waals surface area (Å²) >= 11 is 17.9. The highest BCUT2D eigenvalue weighted by atomic mass is 35.5. The fourth-order valence-electron chi connectivity index (χ4n) is 1.56. The van der Waals surface area contributed by atoms with Gasteiger partial charge in [0.25, 0.3) is 0 Å². The molecule has 2 aromatic rings. The highest BCUT2D eigenvalue weighted by Gasteiger charge is 2.16. The second-order valence-electron chi connectivity index (χ2n) is 3.71. The molecule has 94 valence electrons. The van der Waals surface area contributed by atoms with Crippen molar-refractivity contribution in [2.24, 2.45) is 0 Å². The molecule has 0 unspecified atom stereocenters. The lowest BCUT2D eigenvalue weighted by Crippen LogP contribution is -2.02. The van der Waals surface area contributed by atoms with Crippen molar-refractivity contribution >= 4 is 40.6 Å². The molecule has 2 rings (SSSR count). The molecule has 0 fully saturated rings. The fraction of sp³-hybridized carbons (Fsp3) is 0.182. The first-order valence-corrected chi connectivity index (χ1v) is 6.13. The van der Waals surface area contributed by atoms with Gasteiger partial charge in [-0.2, -0.15) is 0 Å². The maximum absolute atomic E-state index is 11.3. The number of benzene rings is 1. The molecule has 0 amide bonds. The lowest BCUT2D eigenvalue weighted by atomic mass is 10.2. The van der Waals surface area contributed by atoms with E-state index in [0.717, 1.165) is 0 Å². The fourth-order valence-corrected chi connectivity index (χ4v) is 2.18. The Balaban J connectivity index is 2.63. The van der Waals surface area contributed by atoms with Crippen molar-refractivity contribution in [3.63, 3.8) is 0 Å². The number of Topliss-reactive ketones (excluding diaryl/α,β-unsaturated/α-hetero) is 1. The van der Waals surface area contributed by atoms with Crippen molar-refractivity contribution in [1.82, 2.24) is 15.0 Å². The molecule has 0 atom stereocenters. The lowest BCUT2D eigenvalue weighted by Gasteiger charge is -2.07. The van der Waals surface area contributed by atoms with Crippen molar-refractivity contribution < 1.29 is 4.79 Å². The van der Waals surface area contributed by atoms with Crippen LogP contribution in [-0.2, 0) is 0 Å². The number of hydrogen-bond donors (Lipinski definition) is 0. The summed E-state index contributed by atoms with van der Waals surface area (Å²) in [5, 5.41) is 8.81. The summed E-state index contributed by atoms with van der Waals surface area (Å²) in [4.78, 5) is 11.3. The normalized spacial score (nSPS) is 10.7. The molecule has 0 N–H and O–H groups in total. The van der Waals surface area contributed by atoms with Gasteiger partial charge in [0.15, 0.2) is 11.5 Å². The molecule has 1 aromatic carbocycles. The highest BCUT2D eigenvalue weighted by Crippen LogP contribution is 2.31. The van der Waals surface area contributed by atoms with Gasteiger partial charge in [-0.05, 0) is 19.1 Å². The molecule has 1 aromatic heterocycles. The standard InChI is InChI=1S/C11H8Cl3N3O/c1-5-11(6(2)18)15-16-17(5)10-4-8(13)7(12)3-9(10)14/h3-4H,1-2H3. The van der Waals surface area contributed by atoms with E-state index < -0.39 is 0 Å². The second kappa shape index (κ2) is 4.88. The number of nitrogens with zero attached hydrogens (tertiary/aromatic N) is 3. The van der Waals surface area contributed by atoms with Crippen molar-refractivity contribution in [3.8, 4) is 5.69 Å². The Kier molecular flexibility index (Phi) is 3.61. The van der Waals surface area contributed by atoms with Crippen LogP contribution in [0.2, 0.25) is 15.1 Å². The van der Waals surface area contributed by atoms with Crippen LogP contribution in [0.1, 0.15) is 23.1 Å². The quantitative estimate of drug-likeness (QED) is 0.627. The number of ketones is 1. The Labute approximate surface area is 118 Å². The van der Waals surface area contributed by atoms with Crippen LogP contribution in [0.15, 0.2) is 12.1 Å². The molecule has 1 heterocycles. The summed E-state index contributed by atoms with van der Waals surface area (Å²) in [6, 6.07) is 3.10. The van der Waals surface area contributed by atoms with Gasteiger partial charge in [0.2, 0.25) is 0 Å². The number of carbonyl (C=O) groups is 1. The van der Waals surface area contributed by atoms with Crippen LogP contribution in [0.3, 0.4) is 0 Å². The summed E-state index contributed by atoms with van der Waals surface area (Å²) < 4.78 is 1.46. The molecule has 0 radical (unpaired) electrons. The van der Waals surface area contributed by atoms with Crippen molar-refractivity contribution in [3.05, 3.63) is 38.6 Å². The van der Waals surface area contributed by atoms with E-state index in [9.17, 15) is 4.79 Å². The first-order chi connectivity index (χ1) is 8.41. The van der Waals surface area contributed by atoms with Crippen LogP contribution < -0.4 is 0 Å². The SMILES string of the molecule is CC(=O)c1nnn(-c2cc(Cl)c(Cl)cc2Cl)c1C. The van der Waals surface area contributed by atoms with Gasteiger partial charge >= 0.3 is 0 Å². The molecule has 7 heteroatoms. The number of halogens is 3. The van der Waals surface area contributed by atoms with Crippen LogP contribution >= 0.6 is 34.8 Å². The number of carbonyl (C=O) groups excluding carboxylic acids is 1. The van der Waals surface area contributed by atoms with Gasteiger partial charge in [-0.25, -0.2) is 4.68 Å². The van der Waals surface area contributed by atoms with Crippen molar-refractivity contribution in [1.29, 1.82) is 0 Å². The van der Waals surface area contributed by atoms with E-state index in [1.54, 1.807) is 13.0 Å². The number of rotatable bonds is 2. The molecule has 0 bridgehead atoms. The van der Waals surface area contributed by atoms with Gasteiger partial charge in [0, 0.05) is 6.92 Å². The molecule has 0 aliphatic heterocycles. The summed E-state index contributed by atoms with van der Waals surface area (Å²) in [6.07, 6.45) is 0. The summed E-state index contributed by atoms with van der Waals surface area (Å²) in [5.74, 6) is -0.157. The van der Waals surface area contributed by atoms with Gasteiger partial charge < -0.3 is 0 Å². The summed E-state index contributed by atoms with van der Waals surface area (Å²) in [7, 11) is 0. The van der Waals surface area contributed by atoms with E-state index in [4.69, 9.17) is 34.8 Å². The van der Waals surface area contributed by atoms with E-state index in [1.165, 1.54) is 17.7 Å². The lowest BCUT2D eigenvalue weighted by molar-refractivity contribution is 0.101. The van der Waals surface area contributed by atoms with Gasteiger partial charge in [-0.15, -0.1) is 5.10 Å². The van der Waals surface area contributed by atoms with Crippen molar-refractivity contribution in [2.75, 3.05) is 0 Å². The minimum Gasteiger partial charge on any atom is -0.293 e. The van der Waals surface area contributed by atoms with Crippen LogP contribution in [0.5, 0.6) is 0 Å². The molecule has 0 aliphatic carbocycles. The maximum Gasteiger partial charge on any atom is 0.181 e. The molecular weight excluding hydrogens is 297 g/mol. The Hall–Kier alpha value is -1.10. The van der Waals surface area contributed by atoms with Crippen LogP contribution in [0.25, 0.3) is 5.69 Å². The summed E-state index contributed by atoms with van der Waals surface area (Å²) in [5.41, 5.74) is 1.43. The topological polar surface area (TPSA) is 47.8 Å². The van der Waals surface area contributed by atoms with E-state index in [0.29, 0.717) is 32.1 Å². The Morgan fingerprint density at radius 2 is 1.78 bits per heavy atom. The second-order valence-corrected chi connectivity index (χ2v) is 4.93. The molecule has 0 spiro atoms. The monoisotopic (exact) mass is 303 g/mol. The first-order valence-electron chi connectivity index (χ1n) is 5.00. The first kappa shape index (κ1) is 13.3. The molecule has 4 nitrogen and oxygen atoms in total. The largest absolute Gasteiger partial charge is 0.293 e. The smallest absolute Gasteiger partial charge is 0.181 e. The van der Waals surface area contributed by atoms with Crippen LogP contribution in [0, 0.1) is 6.92 Å². The number of hydrogen-bond acceptors (Lipinski definition) is 3. The molecule has 0 saturated heterocycles. The van der Waals surface area contributed by atoms with Crippen LogP contribution in [-0.4, -0.2) is 20.8 Å². The van der Waals surface area contributed by atoms with E-state index in [-0.39, 0.29) is 5.78 Å². The van der Waals surface area contributed by atoms with E-state index in [2.05, 4.69) is 10.3 Å². The molecular formula is C11H8Cl3N3O. The average Bonchev–Trinajstić information content (AvgIpc) is 2.66. The third kappa shape index (κ3) is 2.23. The maximum atomic E-state index is 11.3. The zero-order valence-electron chi connectivity index (χ0n) is 9.54. The minimum atomic E-state index is -0.157. The molecule has 0 saturated carbocycles. The zero-order chi connectivity index (χ0) is 13.4. The summed E-state index contributed by atoms with van der Waals surface area (Å²) in [6.45, 7) is 3.16. The highest BCUT2D eigenvalue weighted by molar-refractivity contribution is 6.43. The third-order valence-corrected chi connectivity index (χ3v) is 3.47. The molecule has 0 aliphatic rings. The van der Waals surface area contributed by atoms with Gasteiger partial charge in [0.1, 0.15) is 0 Å². The predicted molar refractivity (Wildman–Crippen MR) is 71.1 cm³/mol. The third-order valence-electron chi connectivity index (χ3n) is 2.45. The van der Waals surface area contributed by atoms with Crippen LogP contribution in [0.4, 0.5) is 0 Å². The van der Waals surface area contributed by atoms with Gasteiger partial charge in [0.05, 0.1) is 26.4 Å². The molecule has 18 heavy (non-hydrogen) atoms. The minimum absolute atomic E-state index is 0.157. The Morgan fingerprint density at radius 1 is 1.17 bits per heavy atom. The zero-order valence-corrected chi connectivity index (χ0v) is 11.8. The number of aromatic nitrogens is 3. The Bertz CT molecular complexity index is 637. The Morgan fingerprint density at radius 3 is 2.33 bits per heavy atom.